The molecule has 0 aliphatic carbocycles. The molecule has 0 fully saturated rings. The summed E-state index contributed by atoms with van der Waals surface area (Å²) in [4.78, 5) is 22.3. The number of carboxylic acids is 1. The summed E-state index contributed by atoms with van der Waals surface area (Å²) in [6, 6.07) is 7.77. The Hall–Kier alpha value is -3.00. The van der Waals surface area contributed by atoms with Gasteiger partial charge in [0.2, 0.25) is 0 Å². The molecule has 0 heterocycles. The van der Waals surface area contributed by atoms with E-state index in [2.05, 4.69) is 21.2 Å². The Labute approximate surface area is 174 Å². The summed E-state index contributed by atoms with van der Waals surface area (Å²) >= 11 is 3.09. The third-order valence-corrected chi connectivity index (χ3v) is 4.48. The van der Waals surface area contributed by atoms with Crippen molar-refractivity contribution in [3.8, 4) is 0 Å². The topological polar surface area (TPSA) is 75.6 Å². The minimum absolute atomic E-state index is 0.0946. The molecule has 0 spiro atoms. The number of allylic oxidation sites excluding steroid dienone is 3. The zero-order valence-electron chi connectivity index (χ0n) is 15.6. The lowest BCUT2D eigenvalue weighted by atomic mass is 10.1. The van der Waals surface area contributed by atoms with Crippen LogP contribution in [0.5, 0.6) is 0 Å². The molecule has 0 radical (unpaired) electrons. The van der Waals surface area contributed by atoms with Gasteiger partial charge in [-0.15, -0.1) is 0 Å². The Balaban J connectivity index is 2.23. The fourth-order valence-electron chi connectivity index (χ4n) is 2.37. The smallest absolute Gasteiger partial charge is 0.335 e. The number of carboxylic acid groups (broad SMARTS) is 1. The fraction of sp³-hybridized carbons (Fsp3) is 0.143. The third-order valence-electron chi connectivity index (χ3n) is 3.90. The molecule has 2 aromatic rings. The van der Waals surface area contributed by atoms with Gasteiger partial charge >= 0.3 is 5.97 Å². The van der Waals surface area contributed by atoms with Gasteiger partial charge in [-0.2, -0.15) is 0 Å². The number of aromatic carboxylic acids is 1. The van der Waals surface area contributed by atoms with Crippen LogP contribution in [0.15, 0.2) is 58.4 Å². The SMILES string of the molecule is C/C(=C/C(OCc1ccc(F)cc1F)=C(/Br)C=O)Nc1cc(C(=O)O)ccc1C. The van der Waals surface area contributed by atoms with Crippen molar-refractivity contribution in [2.75, 3.05) is 5.32 Å². The average Bonchev–Trinajstić information content (AvgIpc) is 2.67. The zero-order chi connectivity index (χ0) is 21.6. The van der Waals surface area contributed by atoms with E-state index >= 15 is 0 Å². The summed E-state index contributed by atoms with van der Waals surface area (Å²) in [6.07, 6.45) is 2.03. The highest BCUT2D eigenvalue weighted by Gasteiger charge is 2.10. The molecular formula is C21H18BrF2NO4. The summed E-state index contributed by atoms with van der Waals surface area (Å²) < 4.78 is 32.4. The lowest BCUT2D eigenvalue weighted by Crippen LogP contribution is -2.04. The summed E-state index contributed by atoms with van der Waals surface area (Å²) in [7, 11) is 0. The Bertz CT molecular complexity index is 1000. The second kappa shape index (κ2) is 9.97. The maximum atomic E-state index is 13.8. The normalized spacial score (nSPS) is 12.2. The van der Waals surface area contributed by atoms with E-state index in [-0.39, 0.29) is 28.0 Å². The molecule has 0 saturated carbocycles. The zero-order valence-corrected chi connectivity index (χ0v) is 17.2. The molecule has 0 aromatic heterocycles. The predicted molar refractivity (Wildman–Crippen MR) is 109 cm³/mol. The second-order valence-electron chi connectivity index (χ2n) is 6.14. The lowest BCUT2D eigenvalue weighted by Gasteiger charge is -2.13. The van der Waals surface area contributed by atoms with Crippen LogP contribution in [0.25, 0.3) is 0 Å². The van der Waals surface area contributed by atoms with Crippen LogP contribution in [0.1, 0.15) is 28.4 Å². The molecule has 0 amide bonds. The van der Waals surface area contributed by atoms with Crippen LogP contribution in [0, 0.1) is 18.6 Å². The first-order chi connectivity index (χ1) is 13.7. The van der Waals surface area contributed by atoms with Crippen molar-refractivity contribution >= 4 is 33.9 Å². The van der Waals surface area contributed by atoms with Crippen molar-refractivity contribution in [2.45, 2.75) is 20.5 Å². The molecule has 2 aromatic carbocycles. The van der Waals surface area contributed by atoms with Gasteiger partial charge in [0, 0.05) is 29.1 Å². The number of rotatable bonds is 8. The summed E-state index contributed by atoms with van der Waals surface area (Å²) in [5.74, 6) is -2.38. The van der Waals surface area contributed by atoms with Crippen LogP contribution in [0.4, 0.5) is 14.5 Å². The maximum absolute atomic E-state index is 13.8. The molecule has 29 heavy (non-hydrogen) atoms. The van der Waals surface area contributed by atoms with Gasteiger partial charge < -0.3 is 15.2 Å². The van der Waals surface area contributed by atoms with Crippen molar-refractivity contribution in [3.63, 3.8) is 0 Å². The number of carbonyl (C=O) groups is 2. The lowest BCUT2D eigenvalue weighted by molar-refractivity contribution is -0.104. The molecule has 2 N–H and O–H groups in total. The van der Waals surface area contributed by atoms with Crippen LogP contribution in [0.3, 0.4) is 0 Å². The minimum atomic E-state index is -1.05. The van der Waals surface area contributed by atoms with Gasteiger partial charge in [-0.3, -0.25) is 4.79 Å². The number of anilines is 1. The van der Waals surface area contributed by atoms with E-state index in [9.17, 15) is 18.4 Å². The number of hydrogen-bond acceptors (Lipinski definition) is 4. The Morgan fingerprint density at radius 2 is 1.97 bits per heavy atom. The molecule has 8 heteroatoms. The molecule has 5 nitrogen and oxygen atoms in total. The number of benzene rings is 2. The van der Waals surface area contributed by atoms with E-state index in [0.29, 0.717) is 17.7 Å². The third kappa shape index (κ3) is 6.25. The molecule has 2 rings (SSSR count). The fourth-order valence-corrected chi connectivity index (χ4v) is 2.60. The van der Waals surface area contributed by atoms with Crippen LogP contribution >= 0.6 is 15.9 Å². The van der Waals surface area contributed by atoms with E-state index in [1.807, 2.05) is 6.92 Å². The number of halogens is 3. The minimum Gasteiger partial charge on any atom is -0.487 e. The Morgan fingerprint density at radius 1 is 1.24 bits per heavy atom. The first kappa shape index (κ1) is 22.3. The van der Waals surface area contributed by atoms with E-state index in [0.717, 1.165) is 17.7 Å². The van der Waals surface area contributed by atoms with Crippen molar-refractivity contribution in [2.24, 2.45) is 0 Å². The summed E-state index contributed by atoms with van der Waals surface area (Å²) in [5.41, 5.74) is 2.18. The number of aryl methyl sites for hydroxylation is 1. The van der Waals surface area contributed by atoms with Crippen molar-refractivity contribution in [1.29, 1.82) is 0 Å². The first-order valence-corrected chi connectivity index (χ1v) is 9.21. The molecule has 0 aliphatic rings. The van der Waals surface area contributed by atoms with Gasteiger partial charge in [-0.25, -0.2) is 13.6 Å². The number of nitrogens with one attached hydrogen (secondary N) is 1. The molecule has 0 aliphatic heterocycles. The molecular weight excluding hydrogens is 448 g/mol. The van der Waals surface area contributed by atoms with Gasteiger partial charge in [-0.05, 0) is 59.6 Å². The molecule has 152 valence electrons. The standard InChI is InChI=1S/C21H18BrF2NO4/c1-12-3-4-14(21(27)28)8-19(12)25-13(2)7-20(17(22)10-26)29-11-15-5-6-16(23)9-18(15)24/h3-10,25H,11H2,1-2H3,(H,27,28)/b13-7-,20-17-. The van der Waals surface area contributed by atoms with Gasteiger partial charge in [0.15, 0.2) is 6.29 Å². The van der Waals surface area contributed by atoms with E-state index in [1.54, 1.807) is 13.0 Å². The van der Waals surface area contributed by atoms with Gasteiger partial charge in [-0.1, -0.05) is 6.07 Å². The van der Waals surface area contributed by atoms with Crippen molar-refractivity contribution < 1.29 is 28.2 Å². The predicted octanol–water partition coefficient (Wildman–Crippen LogP) is 5.31. The number of hydrogen-bond donors (Lipinski definition) is 2. The molecule has 0 saturated heterocycles. The average molecular weight is 466 g/mol. The summed E-state index contributed by atoms with van der Waals surface area (Å²) in [6.45, 7) is 3.29. The summed E-state index contributed by atoms with van der Waals surface area (Å²) in [5, 5.41) is 12.2. The second-order valence-corrected chi connectivity index (χ2v) is 7.00. The molecule has 0 atom stereocenters. The first-order valence-electron chi connectivity index (χ1n) is 8.42. The van der Waals surface area contributed by atoms with Gasteiger partial charge in [0.05, 0.1) is 10.0 Å². The van der Waals surface area contributed by atoms with Crippen LogP contribution in [0.2, 0.25) is 0 Å². The highest BCUT2D eigenvalue weighted by Crippen LogP contribution is 2.22. The number of ether oxygens (including phenoxy) is 1. The highest BCUT2D eigenvalue weighted by molar-refractivity contribution is 9.12. The van der Waals surface area contributed by atoms with Crippen molar-refractivity contribution in [1.82, 2.24) is 0 Å². The van der Waals surface area contributed by atoms with Crippen LogP contribution in [-0.4, -0.2) is 17.4 Å². The van der Waals surface area contributed by atoms with E-state index < -0.39 is 17.6 Å². The molecule has 0 unspecified atom stereocenters. The highest BCUT2D eigenvalue weighted by atomic mass is 79.9. The Kier molecular flexibility index (Phi) is 7.67. The largest absolute Gasteiger partial charge is 0.487 e. The molecule has 0 bridgehead atoms. The van der Waals surface area contributed by atoms with Gasteiger partial charge in [0.1, 0.15) is 24.0 Å². The van der Waals surface area contributed by atoms with Crippen molar-refractivity contribution in [3.05, 3.63) is 86.7 Å². The van der Waals surface area contributed by atoms with Crippen LogP contribution in [-0.2, 0) is 16.1 Å². The van der Waals surface area contributed by atoms with Gasteiger partial charge in [0.25, 0.3) is 0 Å². The van der Waals surface area contributed by atoms with Crippen LogP contribution < -0.4 is 5.32 Å². The van der Waals surface area contributed by atoms with E-state index in [1.165, 1.54) is 24.3 Å². The monoisotopic (exact) mass is 465 g/mol. The number of aldehydes is 1. The maximum Gasteiger partial charge on any atom is 0.335 e. The Morgan fingerprint density at radius 3 is 2.59 bits per heavy atom. The quantitative estimate of drug-likeness (QED) is 0.239. The number of carbonyl (C=O) groups excluding carboxylic acids is 1. The van der Waals surface area contributed by atoms with E-state index in [4.69, 9.17) is 9.84 Å².